The molecule has 3 aromatic rings. The molecule has 3 rings (SSSR count). The third-order valence-corrected chi connectivity index (χ3v) is 4.22. The Kier molecular flexibility index (Phi) is 5.90. The highest BCUT2D eigenvalue weighted by Crippen LogP contribution is 2.11. The molecule has 0 saturated heterocycles. The predicted octanol–water partition coefficient (Wildman–Crippen LogP) is 3.46. The highest BCUT2D eigenvalue weighted by atomic mass is 16.2. The molecule has 1 N–H and O–H groups in total. The minimum atomic E-state index is -0.606. The molecule has 1 amide bonds. The molecule has 3 aromatic carbocycles. The van der Waals surface area contributed by atoms with Crippen LogP contribution in [0.3, 0.4) is 0 Å². The Morgan fingerprint density at radius 3 is 1.85 bits per heavy atom. The van der Waals surface area contributed by atoms with E-state index in [0.29, 0.717) is 23.1 Å². The van der Waals surface area contributed by atoms with Crippen molar-refractivity contribution in [1.82, 2.24) is 5.32 Å². The van der Waals surface area contributed by atoms with Crippen molar-refractivity contribution in [2.24, 2.45) is 0 Å². The highest BCUT2D eigenvalue weighted by molar-refractivity contribution is 6.09. The predicted molar refractivity (Wildman–Crippen MR) is 104 cm³/mol. The molecular formula is C23H19NO3. The topological polar surface area (TPSA) is 63.2 Å². The summed E-state index contributed by atoms with van der Waals surface area (Å²) in [6.45, 7) is 0. The molecule has 4 heteroatoms. The van der Waals surface area contributed by atoms with E-state index in [1.54, 1.807) is 48.5 Å². The molecule has 0 aliphatic carbocycles. The SMILES string of the molecule is O=C[C@H](Cc1ccccc1)NC(=O)c1ccc(C(=O)c2ccccc2)cc1. The number of benzene rings is 3. The third-order valence-electron chi connectivity index (χ3n) is 4.22. The van der Waals surface area contributed by atoms with Crippen molar-refractivity contribution < 1.29 is 14.4 Å². The summed E-state index contributed by atoms with van der Waals surface area (Å²) < 4.78 is 0. The molecular weight excluding hydrogens is 338 g/mol. The first-order valence-electron chi connectivity index (χ1n) is 8.67. The van der Waals surface area contributed by atoms with Gasteiger partial charge < -0.3 is 10.1 Å². The molecule has 0 fully saturated rings. The number of aldehydes is 1. The molecule has 0 spiro atoms. The van der Waals surface area contributed by atoms with Crippen LogP contribution < -0.4 is 5.32 Å². The van der Waals surface area contributed by atoms with Crippen molar-refractivity contribution in [3.05, 3.63) is 107 Å². The molecule has 0 radical (unpaired) electrons. The third kappa shape index (κ3) is 4.76. The van der Waals surface area contributed by atoms with Gasteiger partial charge in [0, 0.05) is 16.7 Å². The van der Waals surface area contributed by atoms with Crippen molar-refractivity contribution in [2.45, 2.75) is 12.5 Å². The molecule has 0 aliphatic rings. The Balaban J connectivity index is 1.66. The number of carbonyl (C=O) groups excluding carboxylic acids is 3. The lowest BCUT2D eigenvalue weighted by molar-refractivity contribution is -0.109. The lowest BCUT2D eigenvalue weighted by Crippen LogP contribution is -2.37. The zero-order valence-corrected chi connectivity index (χ0v) is 14.7. The second kappa shape index (κ2) is 8.72. The maximum absolute atomic E-state index is 12.4. The van der Waals surface area contributed by atoms with Crippen molar-refractivity contribution in [3.8, 4) is 0 Å². The number of hydrogen-bond acceptors (Lipinski definition) is 3. The average Bonchev–Trinajstić information content (AvgIpc) is 2.74. The summed E-state index contributed by atoms with van der Waals surface area (Å²) in [6.07, 6.45) is 1.17. The van der Waals surface area contributed by atoms with Gasteiger partial charge in [0.1, 0.15) is 6.29 Å². The van der Waals surface area contributed by atoms with Crippen LogP contribution >= 0.6 is 0 Å². The van der Waals surface area contributed by atoms with Crippen molar-refractivity contribution in [1.29, 1.82) is 0 Å². The van der Waals surface area contributed by atoms with Gasteiger partial charge in [-0.15, -0.1) is 0 Å². The minimum Gasteiger partial charge on any atom is -0.342 e. The zero-order chi connectivity index (χ0) is 19.1. The van der Waals surface area contributed by atoms with Crippen molar-refractivity contribution in [2.75, 3.05) is 0 Å². The molecule has 0 aromatic heterocycles. The Hall–Kier alpha value is -3.53. The number of ketones is 1. The van der Waals surface area contributed by atoms with Crippen LogP contribution in [0.2, 0.25) is 0 Å². The molecule has 0 bridgehead atoms. The fraction of sp³-hybridized carbons (Fsp3) is 0.0870. The summed E-state index contributed by atoms with van der Waals surface area (Å²) in [5, 5.41) is 2.72. The normalized spacial score (nSPS) is 11.4. The summed E-state index contributed by atoms with van der Waals surface area (Å²) in [5.41, 5.74) is 2.48. The summed E-state index contributed by atoms with van der Waals surface area (Å²) in [7, 11) is 0. The number of amides is 1. The van der Waals surface area contributed by atoms with E-state index < -0.39 is 6.04 Å². The fourth-order valence-electron chi connectivity index (χ4n) is 2.78. The largest absolute Gasteiger partial charge is 0.342 e. The molecule has 0 saturated carbocycles. The van der Waals surface area contributed by atoms with Gasteiger partial charge in [-0.1, -0.05) is 72.8 Å². The van der Waals surface area contributed by atoms with Gasteiger partial charge in [-0.3, -0.25) is 9.59 Å². The van der Waals surface area contributed by atoms with Gasteiger partial charge in [0.05, 0.1) is 6.04 Å². The lowest BCUT2D eigenvalue weighted by Gasteiger charge is -2.13. The Morgan fingerprint density at radius 1 is 0.741 bits per heavy atom. The van der Waals surface area contributed by atoms with Crippen molar-refractivity contribution >= 4 is 18.0 Å². The maximum atomic E-state index is 12.4. The quantitative estimate of drug-likeness (QED) is 0.520. The van der Waals surface area contributed by atoms with Crippen LogP contribution in [0, 0.1) is 0 Å². The lowest BCUT2D eigenvalue weighted by atomic mass is 10.0. The monoisotopic (exact) mass is 357 g/mol. The van der Waals surface area contributed by atoms with Gasteiger partial charge in [-0.25, -0.2) is 0 Å². The summed E-state index contributed by atoms with van der Waals surface area (Å²) >= 11 is 0. The number of carbonyl (C=O) groups is 3. The average molecular weight is 357 g/mol. The minimum absolute atomic E-state index is 0.0996. The molecule has 1 atom stereocenters. The van der Waals surface area contributed by atoms with Crippen LogP contribution in [0.1, 0.15) is 31.8 Å². The van der Waals surface area contributed by atoms with Crippen LogP contribution in [-0.2, 0) is 11.2 Å². The standard InChI is InChI=1S/C23H19NO3/c25-16-21(15-17-7-3-1-4-8-17)24-23(27)20-13-11-19(12-14-20)22(26)18-9-5-2-6-10-18/h1-14,16,21H,15H2,(H,24,27)/t21-/m0/s1. The van der Waals surface area contributed by atoms with E-state index in [9.17, 15) is 14.4 Å². The van der Waals surface area contributed by atoms with E-state index in [1.807, 2.05) is 36.4 Å². The van der Waals surface area contributed by atoms with E-state index in [0.717, 1.165) is 11.8 Å². The van der Waals surface area contributed by atoms with E-state index in [-0.39, 0.29) is 11.7 Å². The number of nitrogens with one attached hydrogen (secondary N) is 1. The second-order valence-electron chi connectivity index (χ2n) is 6.18. The first-order valence-corrected chi connectivity index (χ1v) is 8.67. The van der Waals surface area contributed by atoms with Gasteiger partial charge in [0.15, 0.2) is 5.78 Å². The Bertz CT molecular complexity index is 919. The zero-order valence-electron chi connectivity index (χ0n) is 14.7. The Labute approximate surface area is 157 Å². The maximum Gasteiger partial charge on any atom is 0.251 e. The Morgan fingerprint density at radius 2 is 1.26 bits per heavy atom. The van der Waals surface area contributed by atoms with Crippen LogP contribution in [0.4, 0.5) is 0 Å². The first kappa shape index (κ1) is 18.3. The van der Waals surface area contributed by atoms with Crippen LogP contribution in [0.15, 0.2) is 84.9 Å². The summed E-state index contributed by atoms with van der Waals surface area (Å²) in [4.78, 5) is 36.1. The molecule has 0 unspecified atom stereocenters. The van der Waals surface area contributed by atoms with Gasteiger partial charge in [-0.05, 0) is 24.1 Å². The van der Waals surface area contributed by atoms with E-state index in [2.05, 4.69) is 5.32 Å². The first-order chi connectivity index (χ1) is 13.2. The number of hydrogen-bond donors (Lipinski definition) is 1. The molecule has 134 valence electrons. The van der Waals surface area contributed by atoms with Crippen LogP contribution in [0.5, 0.6) is 0 Å². The van der Waals surface area contributed by atoms with E-state index >= 15 is 0 Å². The second-order valence-corrected chi connectivity index (χ2v) is 6.18. The highest BCUT2D eigenvalue weighted by Gasteiger charge is 2.15. The number of rotatable bonds is 7. The van der Waals surface area contributed by atoms with Gasteiger partial charge in [0.2, 0.25) is 0 Å². The fourth-order valence-corrected chi connectivity index (χ4v) is 2.78. The molecule has 27 heavy (non-hydrogen) atoms. The van der Waals surface area contributed by atoms with Crippen LogP contribution in [0.25, 0.3) is 0 Å². The smallest absolute Gasteiger partial charge is 0.251 e. The van der Waals surface area contributed by atoms with Crippen LogP contribution in [-0.4, -0.2) is 24.0 Å². The summed E-state index contributed by atoms with van der Waals surface area (Å²) in [6, 6.07) is 24.3. The van der Waals surface area contributed by atoms with Gasteiger partial charge >= 0.3 is 0 Å². The van der Waals surface area contributed by atoms with Gasteiger partial charge in [0.25, 0.3) is 5.91 Å². The summed E-state index contributed by atoms with van der Waals surface area (Å²) in [5.74, 6) is -0.445. The van der Waals surface area contributed by atoms with Crippen molar-refractivity contribution in [3.63, 3.8) is 0 Å². The van der Waals surface area contributed by atoms with Gasteiger partial charge in [-0.2, -0.15) is 0 Å². The van der Waals surface area contributed by atoms with E-state index in [4.69, 9.17) is 0 Å². The molecule has 4 nitrogen and oxygen atoms in total. The van der Waals surface area contributed by atoms with E-state index in [1.165, 1.54) is 0 Å². The molecule has 0 aliphatic heterocycles. The molecule has 0 heterocycles.